The smallest absolute Gasteiger partial charge is 0.254 e. The van der Waals surface area contributed by atoms with E-state index in [4.69, 9.17) is 10.7 Å². The molecule has 2 N–H and O–H groups in total. The van der Waals surface area contributed by atoms with E-state index >= 15 is 0 Å². The van der Waals surface area contributed by atoms with Gasteiger partial charge in [0.2, 0.25) is 0 Å². The molecule has 0 aromatic carbocycles. The lowest BCUT2D eigenvalue weighted by molar-refractivity contribution is 0.0793. The summed E-state index contributed by atoms with van der Waals surface area (Å²) in [6.07, 6.45) is 2.61. The summed E-state index contributed by atoms with van der Waals surface area (Å²) in [6, 6.07) is 6.28. The second-order valence-electron chi connectivity index (χ2n) is 7.19. The Hall–Kier alpha value is -1.67. The molecular weight excluding hydrogens is 417 g/mol. The maximum atomic E-state index is 13.2. The van der Waals surface area contributed by atoms with E-state index in [2.05, 4.69) is 38.0 Å². The Balaban J connectivity index is 0.00000140. The fourth-order valence-electron chi connectivity index (χ4n) is 3.41. The molecule has 1 aliphatic heterocycles. The molecule has 3 aromatic heterocycles. The first-order valence-electron chi connectivity index (χ1n) is 8.94. The number of nitrogens with two attached hydrogens (primary N) is 1. The number of rotatable bonds is 3. The highest BCUT2D eigenvalue weighted by Gasteiger charge is 2.27. The van der Waals surface area contributed by atoms with Crippen molar-refractivity contribution in [3.63, 3.8) is 0 Å². The van der Waals surface area contributed by atoms with Crippen LogP contribution in [0.2, 0.25) is 0 Å². The topological polar surface area (TPSA) is 77.0 Å². The van der Waals surface area contributed by atoms with Gasteiger partial charge in [0.05, 0.1) is 27.7 Å². The molecule has 1 amide bonds. The lowest BCUT2D eigenvalue weighted by Gasteiger charge is -2.17. The third-order valence-electron chi connectivity index (χ3n) is 4.79. The molecule has 6 nitrogen and oxygen atoms in total. The molecule has 28 heavy (non-hydrogen) atoms. The molecule has 9 heteroatoms. The van der Waals surface area contributed by atoms with Gasteiger partial charge in [-0.25, -0.2) is 9.67 Å². The summed E-state index contributed by atoms with van der Waals surface area (Å²) in [7, 11) is 0. The molecule has 0 aliphatic carbocycles. The van der Waals surface area contributed by atoms with Crippen LogP contribution in [-0.4, -0.2) is 44.7 Å². The van der Waals surface area contributed by atoms with Gasteiger partial charge in [-0.15, -0.1) is 36.2 Å². The van der Waals surface area contributed by atoms with Crippen LogP contribution in [0.1, 0.15) is 41.5 Å². The zero-order chi connectivity index (χ0) is 18.4. The monoisotopic (exact) mass is 441 g/mol. The molecule has 1 saturated heterocycles. The number of hydrogen-bond acceptors (Lipinski definition) is 5. The maximum absolute atomic E-state index is 13.2. The van der Waals surface area contributed by atoms with Crippen LogP contribution in [0.4, 0.5) is 0 Å². The zero-order valence-corrected chi connectivity index (χ0v) is 18.5. The molecule has 1 fully saturated rings. The van der Waals surface area contributed by atoms with Crippen LogP contribution < -0.4 is 5.73 Å². The Morgan fingerprint density at radius 3 is 2.64 bits per heavy atom. The minimum Gasteiger partial charge on any atom is -0.337 e. The summed E-state index contributed by atoms with van der Waals surface area (Å²) in [4.78, 5) is 22.1. The van der Waals surface area contributed by atoms with Crippen molar-refractivity contribution in [1.29, 1.82) is 0 Å². The lowest BCUT2D eigenvalue weighted by atomic mass is 10.1. The van der Waals surface area contributed by atoms with Crippen molar-refractivity contribution in [1.82, 2.24) is 19.7 Å². The average Bonchev–Trinajstić information content (AvgIpc) is 3.32. The maximum Gasteiger partial charge on any atom is 0.254 e. The normalized spacial score (nSPS) is 16.3. The largest absolute Gasteiger partial charge is 0.337 e. The molecular formula is C19H25Cl2N5OS. The van der Waals surface area contributed by atoms with E-state index in [1.54, 1.807) is 17.5 Å². The third-order valence-corrected chi connectivity index (χ3v) is 5.81. The number of carbonyl (C=O) groups excluding carboxylic acids is 1. The number of hydrogen-bond donors (Lipinski definition) is 1. The lowest BCUT2D eigenvalue weighted by Crippen LogP contribution is -2.32. The summed E-state index contributed by atoms with van der Waals surface area (Å²) >= 11 is 1.68. The standard InChI is InChI=1S/C19H23N5OS.2ClH/c1-11(2)24-18-15(9-21-24)14(19(25)23-7-6-13(20)10-23)8-16(22-18)17-5-4-12(3)26-17;;/h4-5,8-9,11,13H,6-7,10,20H2,1-3H3;2*1H/t13-;;/m1../s1. The van der Waals surface area contributed by atoms with Crippen molar-refractivity contribution in [2.75, 3.05) is 13.1 Å². The SMILES string of the molecule is Cc1ccc(-c2cc(C(=O)N3CC[C@@H](N)C3)c3cnn(C(C)C)c3n2)s1.Cl.Cl. The minimum absolute atomic E-state index is 0. The number of pyridine rings is 1. The van der Waals surface area contributed by atoms with E-state index < -0.39 is 0 Å². The fourth-order valence-corrected chi connectivity index (χ4v) is 4.24. The molecule has 0 spiro atoms. The fraction of sp³-hybridized carbons (Fsp3) is 0.421. The first-order chi connectivity index (χ1) is 12.4. The number of nitrogens with zero attached hydrogens (tertiary/aromatic N) is 4. The summed E-state index contributed by atoms with van der Waals surface area (Å²) in [5.74, 6) is 0.0168. The van der Waals surface area contributed by atoms with E-state index in [9.17, 15) is 4.79 Å². The Morgan fingerprint density at radius 2 is 2.07 bits per heavy atom. The van der Waals surface area contributed by atoms with Crippen LogP contribution in [-0.2, 0) is 0 Å². The van der Waals surface area contributed by atoms with Gasteiger partial charge in [0.1, 0.15) is 0 Å². The van der Waals surface area contributed by atoms with E-state index in [0.717, 1.165) is 28.0 Å². The number of fused-ring (bicyclic) bond motifs is 1. The van der Waals surface area contributed by atoms with Crippen molar-refractivity contribution in [2.45, 2.75) is 39.3 Å². The average molecular weight is 442 g/mol. The van der Waals surface area contributed by atoms with Crippen molar-refractivity contribution in [2.24, 2.45) is 5.73 Å². The Morgan fingerprint density at radius 1 is 1.32 bits per heavy atom. The predicted molar refractivity (Wildman–Crippen MR) is 119 cm³/mol. The van der Waals surface area contributed by atoms with Crippen LogP contribution in [0.5, 0.6) is 0 Å². The van der Waals surface area contributed by atoms with Crippen LogP contribution in [0.25, 0.3) is 21.6 Å². The van der Waals surface area contributed by atoms with Gasteiger partial charge in [0.25, 0.3) is 5.91 Å². The van der Waals surface area contributed by atoms with Gasteiger partial charge < -0.3 is 10.6 Å². The van der Waals surface area contributed by atoms with Gasteiger partial charge in [0, 0.05) is 30.1 Å². The first kappa shape index (κ1) is 22.6. The minimum atomic E-state index is 0. The number of carbonyl (C=O) groups is 1. The van der Waals surface area contributed by atoms with Crippen LogP contribution in [0.3, 0.4) is 0 Å². The van der Waals surface area contributed by atoms with E-state index in [-0.39, 0.29) is 42.8 Å². The van der Waals surface area contributed by atoms with Crippen molar-refractivity contribution < 1.29 is 4.79 Å². The van der Waals surface area contributed by atoms with Crippen LogP contribution in [0.15, 0.2) is 24.4 Å². The Kier molecular flexibility index (Phi) is 7.09. The van der Waals surface area contributed by atoms with E-state index in [1.807, 2.05) is 15.6 Å². The number of halogens is 2. The van der Waals surface area contributed by atoms with Gasteiger partial charge in [-0.2, -0.15) is 5.10 Å². The second kappa shape index (κ2) is 8.78. The summed E-state index contributed by atoms with van der Waals surface area (Å²) < 4.78 is 1.88. The van der Waals surface area contributed by atoms with Gasteiger partial charge >= 0.3 is 0 Å². The summed E-state index contributed by atoms with van der Waals surface area (Å²) in [5.41, 5.74) is 8.25. The summed E-state index contributed by atoms with van der Waals surface area (Å²) in [6.45, 7) is 7.51. The van der Waals surface area contributed by atoms with Gasteiger partial charge in [-0.1, -0.05) is 0 Å². The van der Waals surface area contributed by atoms with Crippen molar-refractivity contribution in [3.05, 3.63) is 34.8 Å². The van der Waals surface area contributed by atoms with Crippen molar-refractivity contribution >= 4 is 53.1 Å². The number of amides is 1. The molecule has 1 atom stereocenters. The highest BCUT2D eigenvalue weighted by atomic mass is 35.5. The molecule has 0 unspecified atom stereocenters. The van der Waals surface area contributed by atoms with Gasteiger partial charge in [-0.3, -0.25) is 4.79 Å². The molecule has 4 heterocycles. The van der Waals surface area contributed by atoms with Crippen molar-refractivity contribution in [3.8, 4) is 10.6 Å². The van der Waals surface area contributed by atoms with E-state index in [1.165, 1.54) is 4.88 Å². The van der Waals surface area contributed by atoms with Crippen LogP contribution in [0, 0.1) is 6.92 Å². The number of aromatic nitrogens is 3. The predicted octanol–water partition coefficient (Wildman–Crippen LogP) is 4.07. The second-order valence-corrected chi connectivity index (χ2v) is 8.47. The number of likely N-dealkylation sites (tertiary alicyclic amines) is 1. The number of thiophene rings is 1. The molecule has 0 bridgehead atoms. The van der Waals surface area contributed by atoms with E-state index in [0.29, 0.717) is 18.7 Å². The molecule has 0 saturated carbocycles. The van der Waals surface area contributed by atoms with Crippen LogP contribution >= 0.6 is 36.2 Å². The quantitative estimate of drug-likeness (QED) is 0.664. The highest BCUT2D eigenvalue weighted by Crippen LogP contribution is 2.31. The molecule has 1 aliphatic rings. The van der Waals surface area contributed by atoms with Gasteiger partial charge in [0.15, 0.2) is 5.65 Å². The van der Waals surface area contributed by atoms with Gasteiger partial charge in [-0.05, 0) is 45.4 Å². The first-order valence-corrected chi connectivity index (χ1v) is 9.75. The third kappa shape index (κ3) is 4.03. The molecule has 152 valence electrons. The number of aryl methyl sites for hydroxylation is 1. The molecule has 3 aromatic rings. The summed E-state index contributed by atoms with van der Waals surface area (Å²) in [5, 5.41) is 5.29. The Bertz CT molecular complexity index is 984. The molecule has 0 radical (unpaired) electrons. The molecule has 4 rings (SSSR count). The Labute approximate surface area is 180 Å². The highest BCUT2D eigenvalue weighted by molar-refractivity contribution is 7.15. The zero-order valence-electron chi connectivity index (χ0n) is 16.1.